The maximum Gasteiger partial charge on any atom is 0.276 e. The Bertz CT molecular complexity index is 878. The van der Waals surface area contributed by atoms with Gasteiger partial charge in [0.25, 0.3) is 15.7 Å². The van der Waals surface area contributed by atoms with Crippen LogP contribution in [0.15, 0.2) is 52.5 Å². The molecular formula is C14H13N3O5S. The Morgan fingerprint density at radius 1 is 1.26 bits per heavy atom. The van der Waals surface area contributed by atoms with E-state index in [4.69, 9.17) is 0 Å². The number of nitrogens with zero attached hydrogens (tertiary/aromatic N) is 2. The normalized spacial score (nSPS) is 11.5. The van der Waals surface area contributed by atoms with Crippen LogP contribution in [0.25, 0.3) is 0 Å². The fourth-order valence-electron chi connectivity index (χ4n) is 1.78. The van der Waals surface area contributed by atoms with E-state index < -0.39 is 14.9 Å². The molecule has 0 amide bonds. The van der Waals surface area contributed by atoms with Gasteiger partial charge in [-0.25, -0.2) is 4.83 Å². The fraction of sp³-hybridized carbons (Fsp3) is 0.0714. The molecule has 0 aliphatic rings. The molecule has 0 aromatic heterocycles. The van der Waals surface area contributed by atoms with E-state index in [2.05, 4.69) is 5.10 Å². The van der Waals surface area contributed by atoms with Crippen LogP contribution in [-0.4, -0.2) is 24.7 Å². The maximum atomic E-state index is 12.1. The number of nitrogens with one attached hydrogen (secondary N) is 1. The van der Waals surface area contributed by atoms with Crippen LogP contribution in [0.4, 0.5) is 5.69 Å². The second-order valence-corrected chi connectivity index (χ2v) is 6.31. The molecule has 8 nitrogen and oxygen atoms in total. The number of sulfonamides is 1. The molecule has 23 heavy (non-hydrogen) atoms. The van der Waals surface area contributed by atoms with Crippen LogP contribution >= 0.6 is 0 Å². The van der Waals surface area contributed by atoms with Gasteiger partial charge in [0.2, 0.25) is 0 Å². The minimum Gasteiger partial charge on any atom is -0.508 e. The van der Waals surface area contributed by atoms with Crippen molar-refractivity contribution in [3.8, 4) is 5.75 Å². The highest BCUT2D eigenvalue weighted by Gasteiger charge is 2.19. The molecule has 0 bridgehead atoms. The predicted molar refractivity (Wildman–Crippen MR) is 83.9 cm³/mol. The topological polar surface area (TPSA) is 122 Å². The molecule has 0 radical (unpaired) electrons. The molecule has 0 saturated heterocycles. The van der Waals surface area contributed by atoms with Crippen molar-refractivity contribution in [2.24, 2.45) is 5.10 Å². The molecule has 0 fully saturated rings. The summed E-state index contributed by atoms with van der Waals surface area (Å²) in [5.41, 5.74) is 0.560. The molecular weight excluding hydrogens is 322 g/mol. The first-order valence-corrected chi connectivity index (χ1v) is 7.87. The van der Waals surface area contributed by atoms with Crippen molar-refractivity contribution in [3.63, 3.8) is 0 Å². The van der Waals surface area contributed by atoms with Crippen LogP contribution in [0.3, 0.4) is 0 Å². The van der Waals surface area contributed by atoms with Gasteiger partial charge in [-0.05, 0) is 30.7 Å². The van der Waals surface area contributed by atoms with E-state index >= 15 is 0 Å². The molecule has 2 rings (SSSR count). The molecule has 0 aliphatic heterocycles. The standard InChI is InChI=1S/C14H13N3O5S/c1-10-5-6-13(8-14(10)17(19)20)23(21,22)16-15-9-11-3-2-4-12(18)7-11/h2-9,16,18H,1H3/b15-9+. The van der Waals surface area contributed by atoms with Gasteiger partial charge in [-0.1, -0.05) is 18.2 Å². The average molecular weight is 335 g/mol. The molecule has 0 heterocycles. The van der Waals surface area contributed by atoms with Crippen molar-refractivity contribution < 1.29 is 18.4 Å². The lowest BCUT2D eigenvalue weighted by Crippen LogP contribution is -2.18. The van der Waals surface area contributed by atoms with Gasteiger partial charge in [0.15, 0.2) is 0 Å². The second-order valence-electron chi connectivity index (χ2n) is 4.65. The van der Waals surface area contributed by atoms with Crippen molar-refractivity contribution in [2.75, 3.05) is 0 Å². The molecule has 2 N–H and O–H groups in total. The second kappa shape index (κ2) is 6.44. The third-order valence-electron chi connectivity index (χ3n) is 2.94. The predicted octanol–water partition coefficient (Wildman–Crippen LogP) is 1.92. The number of rotatable bonds is 5. The monoisotopic (exact) mass is 335 g/mol. The van der Waals surface area contributed by atoms with Gasteiger partial charge >= 0.3 is 0 Å². The van der Waals surface area contributed by atoms with Crippen LogP contribution < -0.4 is 4.83 Å². The van der Waals surface area contributed by atoms with Crippen molar-refractivity contribution in [3.05, 3.63) is 63.7 Å². The van der Waals surface area contributed by atoms with Gasteiger partial charge < -0.3 is 5.11 Å². The average Bonchev–Trinajstić information content (AvgIpc) is 2.47. The van der Waals surface area contributed by atoms with Crippen LogP contribution in [0.5, 0.6) is 5.75 Å². The van der Waals surface area contributed by atoms with Gasteiger partial charge in [0, 0.05) is 11.6 Å². The number of benzene rings is 2. The first kappa shape index (κ1) is 16.4. The third-order valence-corrected chi connectivity index (χ3v) is 4.16. The fourth-order valence-corrected chi connectivity index (χ4v) is 2.59. The molecule has 0 saturated carbocycles. The van der Waals surface area contributed by atoms with E-state index in [1.54, 1.807) is 12.1 Å². The number of hydrogen-bond acceptors (Lipinski definition) is 6. The Morgan fingerprint density at radius 3 is 2.65 bits per heavy atom. The Morgan fingerprint density at radius 2 is 2.00 bits per heavy atom. The number of phenolic OH excluding ortho intramolecular Hbond substituents is 1. The van der Waals surface area contributed by atoms with Gasteiger partial charge in [-0.3, -0.25) is 10.1 Å². The molecule has 0 unspecified atom stereocenters. The number of phenols is 1. The smallest absolute Gasteiger partial charge is 0.276 e. The number of nitro groups is 1. The molecule has 2 aromatic rings. The molecule has 9 heteroatoms. The summed E-state index contributed by atoms with van der Waals surface area (Å²) >= 11 is 0. The van der Waals surface area contributed by atoms with E-state index in [-0.39, 0.29) is 16.3 Å². The molecule has 2 aromatic carbocycles. The van der Waals surface area contributed by atoms with Gasteiger partial charge in [-0.2, -0.15) is 13.5 Å². The van der Waals surface area contributed by atoms with E-state index in [1.165, 1.54) is 37.4 Å². The minimum atomic E-state index is -4.03. The summed E-state index contributed by atoms with van der Waals surface area (Å²) in [5, 5.41) is 23.7. The van der Waals surface area contributed by atoms with Crippen molar-refractivity contribution in [1.29, 1.82) is 0 Å². The van der Waals surface area contributed by atoms with Crippen molar-refractivity contribution in [2.45, 2.75) is 11.8 Å². The first-order chi connectivity index (χ1) is 10.8. The Labute approximate surface area is 132 Å². The summed E-state index contributed by atoms with van der Waals surface area (Å²) in [5.74, 6) is 0.0194. The van der Waals surface area contributed by atoms with Crippen LogP contribution in [0.1, 0.15) is 11.1 Å². The first-order valence-electron chi connectivity index (χ1n) is 6.38. The number of nitro benzene ring substituents is 1. The molecule has 0 spiro atoms. The van der Waals surface area contributed by atoms with Gasteiger partial charge in [0.1, 0.15) is 5.75 Å². The number of aromatic hydroxyl groups is 1. The number of aryl methyl sites for hydroxylation is 1. The highest BCUT2D eigenvalue weighted by Crippen LogP contribution is 2.22. The molecule has 0 aliphatic carbocycles. The zero-order chi connectivity index (χ0) is 17.0. The zero-order valence-corrected chi connectivity index (χ0v) is 12.8. The molecule has 120 valence electrons. The summed E-state index contributed by atoms with van der Waals surface area (Å²) in [7, 11) is -4.03. The number of hydrazone groups is 1. The van der Waals surface area contributed by atoms with Crippen LogP contribution in [-0.2, 0) is 10.0 Å². The van der Waals surface area contributed by atoms with E-state index in [0.717, 1.165) is 6.07 Å². The Balaban J connectivity index is 2.22. The summed E-state index contributed by atoms with van der Waals surface area (Å²) < 4.78 is 24.2. The SMILES string of the molecule is Cc1ccc(S(=O)(=O)N/N=C/c2cccc(O)c2)cc1[N+](=O)[O-]. The minimum absolute atomic E-state index is 0.0194. The highest BCUT2D eigenvalue weighted by atomic mass is 32.2. The third kappa shape index (κ3) is 4.04. The maximum absolute atomic E-state index is 12.1. The Hall–Kier alpha value is -2.94. The van der Waals surface area contributed by atoms with Crippen molar-refractivity contribution in [1.82, 2.24) is 4.83 Å². The van der Waals surface area contributed by atoms with Gasteiger partial charge in [-0.15, -0.1) is 0 Å². The van der Waals surface area contributed by atoms with E-state index in [9.17, 15) is 23.6 Å². The summed E-state index contributed by atoms with van der Waals surface area (Å²) in [4.78, 5) is 11.9. The lowest BCUT2D eigenvalue weighted by molar-refractivity contribution is -0.385. The number of hydrogen-bond donors (Lipinski definition) is 2. The zero-order valence-electron chi connectivity index (χ0n) is 12.0. The molecule has 0 atom stereocenters. The van der Waals surface area contributed by atoms with Crippen molar-refractivity contribution >= 4 is 21.9 Å². The Kier molecular flexibility index (Phi) is 4.60. The van der Waals surface area contributed by atoms with E-state index in [1.807, 2.05) is 4.83 Å². The van der Waals surface area contributed by atoms with Crippen LogP contribution in [0.2, 0.25) is 0 Å². The summed E-state index contributed by atoms with van der Waals surface area (Å²) in [6.45, 7) is 1.52. The highest BCUT2D eigenvalue weighted by molar-refractivity contribution is 7.89. The lowest BCUT2D eigenvalue weighted by atomic mass is 10.2. The summed E-state index contributed by atoms with van der Waals surface area (Å²) in [6, 6.07) is 9.64. The van der Waals surface area contributed by atoms with E-state index in [0.29, 0.717) is 11.1 Å². The van der Waals surface area contributed by atoms with Gasteiger partial charge in [0.05, 0.1) is 16.0 Å². The largest absolute Gasteiger partial charge is 0.508 e. The lowest BCUT2D eigenvalue weighted by Gasteiger charge is -2.04. The van der Waals surface area contributed by atoms with Crippen LogP contribution in [0, 0.1) is 17.0 Å². The quantitative estimate of drug-likeness (QED) is 0.491. The summed E-state index contributed by atoms with van der Waals surface area (Å²) in [6.07, 6.45) is 1.21.